The van der Waals surface area contributed by atoms with Crippen LogP contribution in [0.25, 0.3) is 10.6 Å². The predicted molar refractivity (Wildman–Crippen MR) is 91.6 cm³/mol. The molecule has 3 atom stereocenters. The van der Waals surface area contributed by atoms with E-state index in [4.69, 9.17) is 5.73 Å². The van der Waals surface area contributed by atoms with Crippen molar-refractivity contribution in [3.05, 3.63) is 40.7 Å². The molecule has 6 heteroatoms. The summed E-state index contributed by atoms with van der Waals surface area (Å²) < 4.78 is 13.0. The molecule has 3 N–H and O–H groups in total. The number of hydrogen-bond donors (Lipinski definition) is 2. The van der Waals surface area contributed by atoms with E-state index >= 15 is 0 Å². The van der Waals surface area contributed by atoms with Crippen LogP contribution in [0.3, 0.4) is 0 Å². The first-order valence-corrected chi connectivity index (χ1v) is 8.40. The molecule has 1 amide bonds. The summed E-state index contributed by atoms with van der Waals surface area (Å²) in [5.74, 6) is -0.585. The van der Waals surface area contributed by atoms with Gasteiger partial charge in [0.25, 0.3) is 0 Å². The molecule has 0 bridgehead atoms. The average molecular weight is 335 g/mol. The molecule has 0 spiro atoms. The summed E-state index contributed by atoms with van der Waals surface area (Å²) in [6.45, 7) is 7.48. The lowest BCUT2D eigenvalue weighted by Gasteiger charge is -2.19. The van der Waals surface area contributed by atoms with E-state index in [0.29, 0.717) is 0 Å². The highest BCUT2D eigenvalue weighted by molar-refractivity contribution is 7.15. The summed E-state index contributed by atoms with van der Waals surface area (Å²) >= 11 is 1.51. The first-order valence-electron chi connectivity index (χ1n) is 7.58. The summed E-state index contributed by atoms with van der Waals surface area (Å²) in [6.07, 6.45) is 0. The molecule has 0 saturated carbocycles. The van der Waals surface area contributed by atoms with Crippen molar-refractivity contribution in [3.63, 3.8) is 0 Å². The number of aromatic nitrogens is 1. The molecule has 23 heavy (non-hydrogen) atoms. The van der Waals surface area contributed by atoms with Gasteiger partial charge in [-0.15, -0.1) is 11.3 Å². The maximum Gasteiger partial charge on any atom is 0.224 e. The fraction of sp³-hybridized carbons (Fsp3) is 0.412. The minimum Gasteiger partial charge on any atom is -0.348 e. The normalized spacial score (nSPS) is 15.0. The topological polar surface area (TPSA) is 68.0 Å². The molecule has 124 valence electrons. The number of carbonyl (C=O) groups is 1. The van der Waals surface area contributed by atoms with Crippen LogP contribution in [0.1, 0.15) is 37.4 Å². The van der Waals surface area contributed by atoms with Gasteiger partial charge in [-0.05, 0) is 45.0 Å². The van der Waals surface area contributed by atoms with Crippen LogP contribution in [0.4, 0.5) is 4.39 Å². The Bertz CT molecular complexity index is 682. The second-order valence-corrected chi connectivity index (χ2v) is 6.88. The molecule has 0 aliphatic carbocycles. The van der Waals surface area contributed by atoms with Crippen molar-refractivity contribution in [1.82, 2.24) is 10.3 Å². The van der Waals surface area contributed by atoms with Crippen molar-refractivity contribution < 1.29 is 9.18 Å². The van der Waals surface area contributed by atoms with Gasteiger partial charge in [-0.1, -0.05) is 6.92 Å². The molecule has 0 aliphatic rings. The number of thiazole rings is 1. The third-order valence-electron chi connectivity index (χ3n) is 3.88. The summed E-state index contributed by atoms with van der Waals surface area (Å²) in [5, 5.41) is 3.80. The summed E-state index contributed by atoms with van der Waals surface area (Å²) in [5.41, 5.74) is 7.51. The van der Waals surface area contributed by atoms with Crippen LogP contribution in [0.15, 0.2) is 24.3 Å². The van der Waals surface area contributed by atoms with E-state index in [1.54, 1.807) is 12.1 Å². The number of carbonyl (C=O) groups excluding carboxylic acids is 1. The van der Waals surface area contributed by atoms with Crippen LogP contribution in [-0.4, -0.2) is 16.9 Å². The number of hydrogen-bond acceptors (Lipinski definition) is 4. The summed E-state index contributed by atoms with van der Waals surface area (Å²) in [7, 11) is 0. The van der Waals surface area contributed by atoms with Crippen LogP contribution in [0.2, 0.25) is 0 Å². The zero-order valence-electron chi connectivity index (χ0n) is 13.8. The van der Waals surface area contributed by atoms with Gasteiger partial charge in [0.15, 0.2) is 0 Å². The van der Waals surface area contributed by atoms with Crippen molar-refractivity contribution in [3.8, 4) is 10.6 Å². The molecule has 0 fully saturated rings. The Balaban J connectivity index is 2.17. The van der Waals surface area contributed by atoms with Crippen molar-refractivity contribution in [2.75, 3.05) is 0 Å². The number of nitrogens with zero attached hydrogens (tertiary/aromatic N) is 1. The molecule has 0 aliphatic heterocycles. The Morgan fingerprint density at radius 1 is 1.26 bits per heavy atom. The second-order valence-electron chi connectivity index (χ2n) is 5.85. The van der Waals surface area contributed by atoms with Crippen LogP contribution in [0, 0.1) is 18.7 Å². The van der Waals surface area contributed by atoms with E-state index in [9.17, 15) is 9.18 Å². The second kappa shape index (κ2) is 7.19. The van der Waals surface area contributed by atoms with Gasteiger partial charge < -0.3 is 11.1 Å². The Morgan fingerprint density at radius 2 is 1.87 bits per heavy atom. The average Bonchev–Trinajstić information content (AvgIpc) is 2.89. The smallest absolute Gasteiger partial charge is 0.224 e. The monoisotopic (exact) mass is 335 g/mol. The number of nitrogens with one attached hydrogen (secondary N) is 1. The highest BCUT2D eigenvalue weighted by Crippen LogP contribution is 2.31. The first kappa shape index (κ1) is 17.6. The largest absolute Gasteiger partial charge is 0.348 e. The molecule has 1 aromatic carbocycles. The fourth-order valence-electron chi connectivity index (χ4n) is 2.18. The Kier molecular flexibility index (Phi) is 5.49. The fourth-order valence-corrected chi connectivity index (χ4v) is 3.25. The number of benzene rings is 1. The van der Waals surface area contributed by atoms with Gasteiger partial charge in [-0.25, -0.2) is 9.37 Å². The lowest BCUT2D eigenvalue weighted by Crippen LogP contribution is -2.39. The van der Waals surface area contributed by atoms with E-state index in [-0.39, 0.29) is 29.7 Å². The predicted octanol–water partition coefficient (Wildman–Crippen LogP) is 3.42. The van der Waals surface area contributed by atoms with E-state index in [2.05, 4.69) is 10.3 Å². The number of aryl methyl sites for hydroxylation is 1. The highest BCUT2D eigenvalue weighted by atomic mass is 32.1. The number of nitrogens with two attached hydrogens (primary N) is 1. The van der Waals surface area contributed by atoms with Crippen LogP contribution < -0.4 is 11.1 Å². The molecular weight excluding hydrogens is 313 g/mol. The molecule has 1 heterocycles. The van der Waals surface area contributed by atoms with E-state index in [1.807, 2.05) is 27.7 Å². The van der Waals surface area contributed by atoms with Crippen molar-refractivity contribution in [2.24, 2.45) is 11.7 Å². The SMILES string of the molecule is Cc1nc(-c2ccc(F)cc2)sc1C(C)NC(=O)C(C)C(C)N. The molecule has 4 nitrogen and oxygen atoms in total. The van der Waals surface area contributed by atoms with Crippen LogP contribution >= 0.6 is 11.3 Å². The standard InChI is InChI=1S/C17H22FN3OS/c1-9(10(2)19)16(22)20-11(3)15-12(4)21-17(23-15)13-5-7-14(18)8-6-13/h5-11H,19H2,1-4H3,(H,20,22). The summed E-state index contributed by atoms with van der Waals surface area (Å²) in [6, 6.07) is 5.91. The Hall–Kier alpha value is -1.79. The zero-order valence-corrected chi connectivity index (χ0v) is 14.6. The zero-order chi connectivity index (χ0) is 17.1. The Morgan fingerprint density at radius 3 is 2.43 bits per heavy atom. The van der Waals surface area contributed by atoms with Gasteiger partial charge in [0.1, 0.15) is 10.8 Å². The third-order valence-corrected chi connectivity index (χ3v) is 5.27. The molecule has 1 aromatic heterocycles. The maximum atomic E-state index is 13.0. The molecule has 2 rings (SSSR count). The minimum atomic E-state index is -0.271. The lowest BCUT2D eigenvalue weighted by molar-refractivity contribution is -0.125. The molecular formula is C17H22FN3OS. The highest BCUT2D eigenvalue weighted by Gasteiger charge is 2.22. The van der Waals surface area contributed by atoms with Gasteiger partial charge in [0.05, 0.1) is 16.6 Å². The third kappa shape index (κ3) is 4.14. The van der Waals surface area contributed by atoms with Gasteiger partial charge in [-0.2, -0.15) is 0 Å². The van der Waals surface area contributed by atoms with E-state index in [0.717, 1.165) is 21.1 Å². The van der Waals surface area contributed by atoms with Gasteiger partial charge in [0, 0.05) is 17.5 Å². The Labute approximate surface area is 139 Å². The minimum absolute atomic E-state index is 0.0661. The maximum absolute atomic E-state index is 13.0. The van der Waals surface area contributed by atoms with E-state index in [1.165, 1.54) is 23.5 Å². The molecule has 3 unspecified atom stereocenters. The first-order chi connectivity index (χ1) is 10.8. The number of halogens is 1. The molecule has 0 radical (unpaired) electrons. The van der Waals surface area contributed by atoms with Gasteiger partial charge in [-0.3, -0.25) is 4.79 Å². The number of amides is 1. The van der Waals surface area contributed by atoms with Crippen molar-refractivity contribution in [2.45, 2.75) is 39.8 Å². The van der Waals surface area contributed by atoms with Crippen molar-refractivity contribution in [1.29, 1.82) is 0 Å². The summed E-state index contributed by atoms with van der Waals surface area (Å²) in [4.78, 5) is 17.7. The van der Waals surface area contributed by atoms with Crippen LogP contribution in [-0.2, 0) is 4.79 Å². The molecule has 0 saturated heterocycles. The van der Waals surface area contributed by atoms with Gasteiger partial charge >= 0.3 is 0 Å². The van der Waals surface area contributed by atoms with E-state index < -0.39 is 0 Å². The number of rotatable bonds is 5. The van der Waals surface area contributed by atoms with Crippen molar-refractivity contribution >= 4 is 17.2 Å². The van der Waals surface area contributed by atoms with Gasteiger partial charge in [0.2, 0.25) is 5.91 Å². The van der Waals surface area contributed by atoms with Crippen LogP contribution in [0.5, 0.6) is 0 Å². The quantitative estimate of drug-likeness (QED) is 0.880. The molecule has 2 aromatic rings. The lowest BCUT2D eigenvalue weighted by atomic mass is 10.0.